The summed E-state index contributed by atoms with van der Waals surface area (Å²) >= 11 is 0. The standard InChI is InChI=1S/C20H38O3/c1-3-5-7-9-11-13-15-17-19(21)18(20(22)23)16-14-12-10-8-6-4-2/h18H,3-17H2,1-2H3,(H,22,23)/t18-/m1/s1. The van der Waals surface area contributed by atoms with E-state index in [-0.39, 0.29) is 5.78 Å². The van der Waals surface area contributed by atoms with Gasteiger partial charge in [0.2, 0.25) is 0 Å². The molecule has 0 aliphatic carbocycles. The van der Waals surface area contributed by atoms with Crippen molar-refractivity contribution in [1.29, 1.82) is 0 Å². The molecule has 0 unspecified atom stereocenters. The third kappa shape index (κ3) is 13.3. The lowest BCUT2D eigenvalue weighted by atomic mass is 9.93. The molecular formula is C20H38O3. The summed E-state index contributed by atoms with van der Waals surface area (Å²) in [6, 6.07) is 0. The largest absolute Gasteiger partial charge is 0.481 e. The van der Waals surface area contributed by atoms with Gasteiger partial charge < -0.3 is 5.11 Å². The normalized spacial score (nSPS) is 12.3. The molecule has 0 aromatic rings. The van der Waals surface area contributed by atoms with Gasteiger partial charge in [-0.2, -0.15) is 0 Å². The third-order valence-corrected chi connectivity index (χ3v) is 4.56. The summed E-state index contributed by atoms with van der Waals surface area (Å²) in [5.74, 6) is -1.74. The molecule has 3 heteroatoms. The summed E-state index contributed by atoms with van der Waals surface area (Å²) in [6.45, 7) is 4.39. The molecule has 1 N–H and O–H groups in total. The molecule has 1 atom stereocenters. The molecule has 0 saturated carbocycles. The van der Waals surface area contributed by atoms with E-state index in [0.717, 1.165) is 32.1 Å². The molecule has 0 rings (SSSR count). The summed E-state index contributed by atoms with van der Waals surface area (Å²) in [4.78, 5) is 23.4. The molecule has 0 aliphatic rings. The van der Waals surface area contributed by atoms with Crippen LogP contribution in [0.1, 0.15) is 110 Å². The van der Waals surface area contributed by atoms with Crippen molar-refractivity contribution in [2.45, 2.75) is 110 Å². The highest BCUT2D eigenvalue weighted by atomic mass is 16.4. The number of unbranched alkanes of at least 4 members (excludes halogenated alkanes) is 11. The Bertz CT molecular complexity index is 299. The number of Topliss-reactive ketones (excluding diaryl/α,β-unsaturated/α-hetero) is 1. The maximum atomic E-state index is 12.1. The van der Waals surface area contributed by atoms with Crippen molar-refractivity contribution in [3.8, 4) is 0 Å². The Kier molecular flexibility index (Phi) is 15.4. The number of carboxylic acids is 1. The number of hydrogen-bond donors (Lipinski definition) is 1. The molecule has 0 heterocycles. The lowest BCUT2D eigenvalue weighted by Crippen LogP contribution is -2.23. The van der Waals surface area contributed by atoms with E-state index in [9.17, 15) is 14.7 Å². The Labute approximate surface area is 143 Å². The maximum Gasteiger partial charge on any atom is 0.314 e. The predicted molar refractivity (Wildman–Crippen MR) is 96.7 cm³/mol. The van der Waals surface area contributed by atoms with E-state index in [0.29, 0.717) is 12.8 Å². The summed E-state index contributed by atoms with van der Waals surface area (Å²) in [5.41, 5.74) is 0. The van der Waals surface area contributed by atoms with E-state index >= 15 is 0 Å². The van der Waals surface area contributed by atoms with E-state index in [1.165, 1.54) is 51.4 Å². The van der Waals surface area contributed by atoms with E-state index in [2.05, 4.69) is 13.8 Å². The van der Waals surface area contributed by atoms with Crippen LogP contribution in [0.2, 0.25) is 0 Å². The van der Waals surface area contributed by atoms with Crippen LogP contribution in [0, 0.1) is 5.92 Å². The van der Waals surface area contributed by atoms with Gasteiger partial charge in [-0.25, -0.2) is 0 Å². The van der Waals surface area contributed by atoms with Crippen molar-refractivity contribution in [1.82, 2.24) is 0 Å². The zero-order valence-electron chi connectivity index (χ0n) is 15.4. The van der Waals surface area contributed by atoms with Gasteiger partial charge >= 0.3 is 5.97 Å². The number of rotatable bonds is 17. The monoisotopic (exact) mass is 326 g/mol. The van der Waals surface area contributed by atoms with Crippen LogP contribution in [0.4, 0.5) is 0 Å². The summed E-state index contributed by atoms with van der Waals surface area (Å²) in [5, 5.41) is 9.26. The van der Waals surface area contributed by atoms with Crippen molar-refractivity contribution in [2.75, 3.05) is 0 Å². The quantitative estimate of drug-likeness (QED) is 0.258. The topological polar surface area (TPSA) is 54.4 Å². The summed E-state index contributed by atoms with van der Waals surface area (Å²) in [7, 11) is 0. The molecule has 3 nitrogen and oxygen atoms in total. The molecule has 23 heavy (non-hydrogen) atoms. The van der Waals surface area contributed by atoms with Gasteiger partial charge in [-0.15, -0.1) is 0 Å². The number of carboxylic acid groups (broad SMARTS) is 1. The molecule has 0 amide bonds. The Hall–Kier alpha value is -0.860. The Morgan fingerprint density at radius 1 is 0.696 bits per heavy atom. The van der Waals surface area contributed by atoms with Crippen LogP contribution in [-0.4, -0.2) is 16.9 Å². The lowest BCUT2D eigenvalue weighted by Gasteiger charge is -2.11. The first kappa shape index (κ1) is 22.1. The van der Waals surface area contributed by atoms with Crippen LogP contribution in [0.3, 0.4) is 0 Å². The van der Waals surface area contributed by atoms with Gasteiger partial charge in [0.1, 0.15) is 11.7 Å². The van der Waals surface area contributed by atoms with E-state index in [1.54, 1.807) is 0 Å². The third-order valence-electron chi connectivity index (χ3n) is 4.56. The highest BCUT2D eigenvalue weighted by molar-refractivity contribution is 5.98. The molecule has 0 fully saturated rings. The van der Waals surface area contributed by atoms with Gasteiger partial charge in [0.05, 0.1) is 0 Å². The first-order valence-corrected chi connectivity index (χ1v) is 9.89. The van der Waals surface area contributed by atoms with Crippen molar-refractivity contribution >= 4 is 11.8 Å². The average Bonchev–Trinajstić information content (AvgIpc) is 2.52. The second-order valence-electron chi connectivity index (χ2n) is 6.78. The number of ketones is 1. The van der Waals surface area contributed by atoms with Crippen LogP contribution in [-0.2, 0) is 9.59 Å². The Morgan fingerprint density at radius 2 is 1.13 bits per heavy atom. The average molecular weight is 327 g/mol. The van der Waals surface area contributed by atoms with Crippen LogP contribution in [0.15, 0.2) is 0 Å². The minimum Gasteiger partial charge on any atom is -0.481 e. The molecule has 0 bridgehead atoms. The highest BCUT2D eigenvalue weighted by Gasteiger charge is 2.24. The van der Waals surface area contributed by atoms with Crippen molar-refractivity contribution in [3.63, 3.8) is 0 Å². The zero-order chi connectivity index (χ0) is 17.3. The number of aliphatic carboxylic acids is 1. The molecule has 0 aromatic carbocycles. The van der Waals surface area contributed by atoms with Gasteiger partial charge in [-0.3, -0.25) is 9.59 Å². The number of hydrogen-bond acceptors (Lipinski definition) is 2. The van der Waals surface area contributed by atoms with E-state index < -0.39 is 11.9 Å². The molecular weight excluding hydrogens is 288 g/mol. The molecule has 136 valence electrons. The second kappa shape index (κ2) is 16.0. The minimum absolute atomic E-state index is 0.0559. The van der Waals surface area contributed by atoms with Gasteiger partial charge in [0.15, 0.2) is 0 Å². The highest BCUT2D eigenvalue weighted by Crippen LogP contribution is 2.17. The van der Waals surface area contributed by atoms with Crippen molar-refractivity contribution in [2.24, 2.45) is 5.92 Å². The van der Waals surface area contributed by atoms with Crippen LogP contribution in [0.25, 0.3) is 0 Å². The van der Waals surface area contributed by atoms with Crippen LogP contribution < -0.4 is 0 Å². The lowest BCUT2D eigenvalue weighted by molar-refractivity contribution is -0.146. The maximum absolute atomic E-state index is 12.1. The number of carbonyl (C=O) groups excluding carboxylic acids is 1. The molecule has 0 aromatic heterocycles. The molecule has 0 saturated heterocycles. The van der Waals surface area contributed by atoms with Crippen LogP contribution in [0.5, 0.6) is 0 Å². The molecule has 0 aliphatic heterocycles. The van der Waals surface area contributed by atoms with Gasteiger partial charge in [0.25, 0.3) is 0 Å². The Morgan fingerprint density at radius 3 is 1.61 bits per heavy atom. The van der Waals surface area contributed by atoms with Crippen molar-refractivity contribution in [3.05, 3.63) is 0 Å². The van der Waals surface area contributed by atoms with Crippen LogP contribution >= 0.6 is 0 Å². The molecule has 0 radical (unpaired) electrons. The summed E-state index contributed by atoms with van der Waals surface area (Å²) in [6.07, 6.45) is 15.9. The predicted octanol–water partition coefficient (Wildman–Crippen LogP) is 6.15. The van der Waals surface area contributed by atoms with Gasteiger partial charge in [-0.05, 0) is 12.8 Å². The SMILES string of the molecule is CCCCCCCCCC(=O)[C@@H](CCCCCCCC)C(=O)O. The fraction of sp³-hybridized carbons (Fsp3) is 0.900. The smallest absolute Gasteiger partial charge is 0.314 e. The first-order valence-electron chi connectivity index (χ1n) is 9.89. The van der Waals surface area contributed by atoms with Gasteiger partial charge in [-0.1, -0.05) is 90.9 Å². The fourth-order valence-electron chi connectivity index (χ4n) is 2.98. The first-order chi connectivity index (χ1) is 11.1. The minimum atomic E-state index is -0.925. The molecule has 0 spiro atoms. The van der Waals surface area contributed by atoms with Gasteiger partial charge in [0, 0.05) is 6.42 Å². The summed E-state index contributed by atoms with van der Waals surface area (Å²) < 4.78 is 0. The van der Waals surface area contributed by atoms with E-state index in [4.69, 9.17) is 0 Å². The fourth-order valence-corrected chi connectivity index (χ4v) is 2.98. The zero-order valence-corrected chi connectivity index (χ0v) is 15.4. The second-order valence-corrected chi connectivity index (χ2v) is 6.78. The van der Waals surface area contributed by atoms with E-state index in [1.807, 2.05) is 0 Å². The Balaban J connectivity index is 3.77. The van der Waals surface area contributed by atoms with Crippen molar-refractivity contribution < 1.29 is 14.7 Å². The number of carbonyl (C=O) groups is 2.